The van der Waals surface area contributed by atoms with Crippen LogP contribution in [0.15, 0.2) is 36.0 Å². The molecule has 0 aliphatic carbocycles. The highest BCUT2D eigenvalue weighted by molar-refractivity contribution is 7.14. The van der Waals surface area contributed by atoms with Gasteiger partial charge in [0.1, 0.15) is 12.0 Å². The third-order valence-electron chi connectivity index (χ3n) is 2.96. The van der Waals surface area contributed by atoms with Gasteiger partial charge in [-0.1, -0.05) is 12.1 Å². The van der Waals surface area contributed by atoms with E-state index in [0.29, 0.717) is 16.7 Å². The summed E-state index contributed by atoms with van der Waals surface area (Å²) in [6.45, 7) is 1.21. The van der Waals surface area contributed by atoms with Crippen molar-refractivity contribution in [3.63, 3.8) is 0 Å². The Hall–Kier alpha value is -2.87. The Balaban J connectivity index is 1.65. The number of amides is 1. The summed E-state index contributed by atoms with van der Waals surface area (Å²) in [4.78, 5) is 35.3. The number of Topliss-reactive ketones (excluding diaryl/α,β-unsaturated/α-hetero) is 1. The maximum atomic E-state index is 11.9. The number of nitrogens with zero attached hydrogens (tertiary/aromatic N) is 3. The number of benzene rings is 1. The Morgan fingerprint density at radius 2 is 2.09 bits per heavy atom. The molecule has 116 valence electrons. The molecule has 0 aliphatic rings. The second kappa shape index (κ2) is 6.49. The van der Waals surface area contributed by atoms with E-state index < -0.39 is 0 Å². The molecule has 8 heteroatoms. The number of ketones is 1. The molecule has 1 amide bonds. The maximum absolute atomic E-state index is 11.9. The lowest BCUT2D eigenvalue weighted by molar-refractivity contribution is -0.118. The van der Waals surface area contributed by atoms with Crippen LogP contribution in [0.5, 0.6) is 5.88 Å². The lowest BCUT2D eigenvalue weighted by atomic mass is 10.2. The normalized spacial score (nSPS) is 10.5. The minimum absolute atomic E-state index is 0.148. The number of hydrogen-bond acceptors (Lipinski definition) is 7. The van der Waals surface area contributed by atoms with Crippen molar-refractivity contribution in [3.8, 4) is 5.88 Å². The summed E-state index contributed by atoms with van der Waals surface area (Å²) in [7, 11) is 0. The Labute approximate surface area is 135 Å². The van der Waals surface area contributed by atoms with Crippen molar-refractivity contribution in [3.05, 3.63) is 41.7 Å². The number of para-hydroxylation sites is 1. The van der Waals surface area contributed by atoms with Crippen LogP contribution < -0.4 is 10.1 Å². The van der Waals surface area contributed by atoms with E-state index in [1.807, 2.05) is 24.3 Å². The van der Waals surface area contributed by atoms with Crippen LogP contribution in [0.25, 0.3) is 10.9 Å². The Bertz CT molecular complexity index is 873. The molecule has 2 aromatic heterocycles. The maximum Gasteiger partial charge on any atom is 0.264 e. The molecule has 23 heavy (non-hydrogen) atoms. The summed E-state index contributed by atoms with van der Waals surface area (Å²) in [5.41, 5.74) is 1.07. The van der Waals surface area contributed by atoms with Crippen LogP contribution >= 0.6 is 11.3 Å². The molecule has 7 nitrogen and oxygen atoms in total. The van der Waals surface area contributed by atoms with Gasteiger partial charge in [-0.2, -0.15) is 0 Å². The van der Waals surface area contributed by atoms with Crippen molar-refractivity contribution in [1.82, 2.24) is 15.0 Å². The predicted molar refractivity (Wildman–Crippen MR) is 85.8 cm³/mol. The van der Waals surface area contributed by atoms with Crippen LogP contribution in [0.2, 0.25) is 0 Å². The summed E-state index contributed by atoms with van der Waals surface area (Å²) in [5.74, 6) is -0.183. The lowest BCUT2D eigenvalue weighted by Crippen LogP contribution is -2.20. The van der Waals surface area contributed by atoms with Gasteiger partial charge in [-0.05, 0) is 12.1 Å². The number of carbonyl (C=O) groups excluding carboxylic acids is 2. The van der Waals surface area contributed by atoms with Crippen molar-refractivity contribution in [2.24, 2.45) is 0 Å². The molecule has 1 aromatic carbocycles. The highest BCUT2D eigenvalue weighted by Gasteiger charge is 2.11. The van der Waals surface area contributed by atoms with Gasteiger partial charge >= 0.3 is 0 Å². The first-order valence-corrected chi connectivity index (χ1v) is 7.60. The molecule has 0 aliphatic heterocycles. The van der Waals surface area contributed by atoms with Gasteiger partial charge in [-0.25, -0.2) is 15.0 Å². The molecule has 2 heterocycles. The fraction of sp³-hybridized carbons (Fsp3) is 0.133. The standard InChI is InChI=1S/C15H12N4O3S/c1-9(20)12-7-23-15(18-12)19-13(21)6-22-14-10-4-2-3-5-11(10)16-8-17-14/h2-5,7-8H,6H2,1H3,(H,18,19,21). The van der Waals surface area contributed by atoms with Gasteiger partial charge in [0.15, 0.2) is 17.5 Å². The average molecular weight is 328 g/mol. The molecule has 0 saturated heterocycles. The molecule has 0 atom stereocenters. The Kier molecular flexibility index (Phi) is 4.24. The first kappa shape index (κ1) is 15.0. The van der Waals surface area contributed by atoms with Crippen molar-refractivity contribution in [2.45, 2.75) is 6.92 Å². The zero-order valence-electron chi connectivity index (χ0n) is 12.1. The molecule has 0 radical (unpaired) electrons. The highest BCUT2D eigenvalue weighted by Crippen LogP contribution is 2.20. The molecular weight excluding hydrogens is 316 g/mol. The topological polar surface area (TPSA) is 94.1 Å². The number of fused-ring (bicyclic) bond motifs is 1. The number of rotatable bonds is 5. The molecule has 0 bridgehead atoms. The summed E-state index contributed by atoms with van der Waals surface area (Å²) >= 11 is 1.19. The number of thiazole rings is 1. The number of carbonyl (C=O) groups is 2. The molecular formula is C15H12N4O3S. The van der Waals surface area contributed by atoms with Gasteiger partial charge in [0.25, 0.3) is 5.91 Å². The Morgan fingerprint density at radius 1 is 1.26 bits per heavy atom. The molecule has 1 N–H and O–H groups in total. The number of anilines is 1. The molecule has 0 saturated carbocycles. The van der Waals surface area contributed by atoms with Gasteiger partial charge in [-0.15, -0.1) is 11.3 Å². The molecule has 0 unspecified atom stereocenters. The zero-order valence-corrected chi connectivity index (χ0v) is 13.0. The number of hydrogen-bond donors (Lipinski definition) is 1. The monoisotopic (exact) mass is 328 g/mol. The van der Waals surface area contributed by atoms with Crippen molar-refractivity contribution in [2.75, 3.05) is 11.9 Å². The first-order chi connectivity index (χ1) is 11.1. The van der Waals surface area contributed by atoms with Gasteiger partial charge in [0.2, 0.25) is 5.88 Å². The van der Waals surface area contributed by atoms with E-state index in [1.54, 1.807) is 5.38 Å². The zero-order chi connectivity index (χ0) is 16.2. The van der Waals surface area contributed by atoms with Crippen molar-refractivity contribution < 1.29 is 14.3 Å². The molecule has 0 fully saturated rings. The van der Waals surface area contributed by atoms with Crippen LogP contribution in [-0.2, 0) is 4.79 Å². The van der Waals surface area contributed by atoms with Crippen LogP contribution in [-0.4, -0.2) is 33.2 Å². The minimum atomic E-state index is -0.378. The van der Waals surface area contributed by atoms with E-state index in [9.17, 15) is 9.59 Å². The van der Waals surface area contributed by atoms with Crippen LogP contribution in [0, 0.1) is 0 Å². The highest BCUT2D eigenvalue weighted by atomic mass is 32.1. The lowest BCUT2D eigenvalue weighted by Gasteiger charge is -2.07. The molecule has 3 rings (SSSR count). The van der Waals surface area contributed by atoms with Crippen molar-refractivity contribution in [1.29, 1.82) is 0 Å². The number of aromatic nitrogens is 3. The number of nitrogens with one attached hydrogen (secondary N) is 1. The molecule has 0 spiro atoms. The first-order valence-electron chi connectivity index (χ1n) is 6.72. The fourth-order valence-electron chi connectivity index (χ4n) is 1.88. The van der Waals surface area contributed by atoms with E-state index in [1.165, 1.54) is 24.6 Å². The second-order valence-electron chi connectivity index (χ2n) is 4.63. The fourth-order valence-corrected chi connectivity index (χ4v) is 2.64. The van der Waals surface area contributed by atoms with Gasteiger partial charge < -0.3 is 4.74 Å². The second-order valence-corrected chi connectivity index (χ2v) is 5.49. The van der Waals surface area contributed by atoms with Crippen molar-refractivity contribution >= 4 is 39.1 Å². The third-order valence-corrected chi connectivity index (χ3v) is 3.72. The number of ether oxygens (including phenoxy) is 1. The van der Waals surface area contributed by atoms with Gasteiger partial charge in [0, 0.05) is 12.3 Å². The summed E-state index contributed by atoms with van der Waals surface area (Å²) < 4.78 is 5.45. The van der Waals surface area contributed by atoms with E-state index in [0.717, 1.165) is 10.9 Å². The summed E-state index contributed by atoms with van der Waals surface area (Å²) in [6.07, 6.45) is 1.38. The van der Waals surface area contributed by atoms with Gasteiger partial charge in [-0.3, -0.25) is 14.9 Å². The summed E-state index contributed by atoms with van der Waals surface area (Å²) in [6, 6.07) is 7.36. The van der Waals surface area contributed by atoms with E-state index in [2.05, 4.69) is 20.3 Å². The predicted octanol–water partition coefficient (Wildman–Crippen LogP) is 2.31. The smallest absolute Gasteiger partial charge is 0.264 e. The van der Waals surface area contributed by atoms with Crippen LogP contribution in [0.3, 0.4) is 0 Å². The van der Waals surface area contributed by atoms with Crippen LogP contribution in [0.1, 0.15) is 17.4 Å². The summed E-state index contributed by atoms with van der Waals surface area (Å²) in [5, 5.41) is 5.27. The minimum Gasteiger partial charge on any atom is -0.467 e. The van der Waals surface area contributed by atoms with E-state index >= 15 is 0 Å². The Morgan fingerprint density at radius 3 is 2.87 bits per heavy atom. The largest absolute Gasteiger partial charge is 0.467 e. The van der Waals surface area contributed by atoms with E-state index in [-0.39, 0.29) is 18.3 Å². The van der Waals surface area contributed by atoms with Gasteiger partial charge in [0.05, 0.1) is 10.9 Å². The van der Waals surface area contributed by atoms with Crippen LogP contribution in [0.4, 0.5) is 5.13 Å². The third kappa shape index (κ3) is 3.49. The molecule has 3 aromatic rings. The quantitative estimate of drug-likeness (QED) is 0.722. The SMILES string of the molecule is CC(=O)c1csc(NC(=O)COc2ncnc3ccccc23)n1. The van der Waals surface area contributed by atoms with E-state index in [4.69, 9.17) is 4.74 Å². The average Bonchev–Trinajstić information content (AvgIpc) is 3.01.